The second-order valence-electron chi connectivity index (χ2n) is 4.33. The minimum absolute atomic E-state index is 0.818. The van der Waals surface area contributed by atoms with Crippen molar-refractivity contribution in [3.8, 4) is 0 Å². The summed E-state index contributed by atoms with van der Waals surface area (Å²) < 4.78 is 0. The number of unbranched alkanes of at least 4 members (excludes halogenated alkanes) is 2. The zero-order valence-corrected chi connectivity index (χ0v) is 11.5. The van der Waals surface area contributed by atoms with Crippen LogP contribution in [0.15, 0.2) is 0 Å². The largest absolute Gasteiger partial charge is 0.303 e. The molecule has 15 heavy (non-hydrogen) atoms. The molecule has 1 nitrogen and oxygen atoms in total. The van der Waals surface area contributed by atoms with E-state index in [4.69, 9.17) is 11.6 Å². The first kappa shape index (κ1) is 15.2. The van der Waals surface area contributed by atoms with Gasteiger partial charge in [-0.1, -0.05) is 40.0 Å². The lowest BCUT2D eigenvalue weighted by Gasteiger charge is -2.25. The third-order valence-electron chi connectivity index (χ3n) is 3.23. The average Bonchev–Trinajstić information content (AvgIpc) is 2.28. The predicted molar refractivity (Wildman–Crippen MR) is 70.8 cm³/mol. The van der Waals surface area contributed by atoms with E-state index in [9.17, 15) is 0 Å². The van der Waals surface area contributed by atoms with Crippen LogP contribution in [0.4, 0.5) is 0 Å². The molecule has 0 aliphatic carbocycles. The summed E-state index contributed by atoms with van der Waals surface area (Å²) in [6, 6.07) is 0. The fraction of sp³-hybridized carbons (Fsp3) is 1.00. The molecule has 0 radical (unpaired) electrons. The first-order valence-electron chi connectivity index (χ1n) is 6.56. The SMILES string of the molecule is CCC(CC)CN(CC)CCCCCCl. The van der Waals surface area contributed by atoms with Crippen LogP contribution in [0.5, 0.6) is 0 Å². The van der Waals surface area contributed by atoms with Crippen molar-refractivity contribution in [1.29, 1.82) is 0 Å². The van der Waals surface area contributed by atoms with Crippen LogP contribution >= 0.6 is 11.6 Å². The van der Waals surface area contributed by atoms with Crippen LogP contribution in [0.2, 0.25) is 0 Å². The van der Waals surface area contributed by atoms with Gasteiger partial charge in [0.25, 0.3) is 0 Å². The highest BCUT2D eigenvalue weighted by atomic mass is 35.5. The highest BCUT2D eigenvalue weighted by Crippen LogP contribution is 2.10. The Labute approximate surface area is 101 Å². The van der Waals surface area contributed by atoms with E-state index in [1.165, 1.54) is 51.7 Å². The maximum absolute atomic E-state index is 5.67. The molecular weight excluding hydrogens is 206 g/mol. The molecule has 0 spiro atoms. The summed E-state index contributed by atoms with van der Waals surface area (Å²) in [4.78, 5) is 2.59. The zero-order valence-electron chi connectivity index (χ0n) is 10.8. The van der Waals surface area contributed by atoms with Crippen molar-refractivity contribution in [2.24, 2.45) is 5.92 Å². The fourth-order valence-electron chi connectivity index (χ4n) is 1.90. The molecule has 0 saturated carbocycles. The van der Waals surface area contributed by atoms with Crippen LogP contribution < -0.4 is 0 Å². The molecule has 0 aromatic carbocycles. The van der Waals surface area contributed by atoms with Gasteiger partial charge in [-0.3, -0.25) is 0 Å². The van der Waals surface area contributed by atoms with Crippen molar-refractivity contribution in [3.63, 3.8) is 0 Å². The molecule has 0 N–H and O–H groups in total. The Balaban J connectivity index is 3.61. The molecule has 0 aromatic heterocycles. The summed E-state index contributed by atoms with van der Waals surface area (Å²) in [5, 5.41) is 0. The second-order valence-corrected chi connectivity index (χ2v) is 4.70. The van der Waals surface area contributed by atoms with E-state index >= 15 is 0 Å². The molecule has 0 unspecified atom stereocenters. The van der Waals surface area contributed by atoms with Gasteiger partial charge in [-0.15, -0.1) is 11.6 Å². The Hall–Kier alpha value is 0.250. The summed E-state index contributed by atoms with van der Waals surface area (Å²) in [7, 11) is 0. The molecule has 0 atom stereocenters. The Kier molecular flexibility index (Phi) is 10.9. The monoisotopic (exact) mass is 233 g/mol. The first-order valence-corrected chi connectivity index (χ1v) is 7.10. The highest BCUT2D eigenvalue weighted by molar-refractivity contribution is 6.17. The van der Waals surface area contributed by atoms with Gasteiger partial charge in [0.1, 0.15) is 0 Å². The molecule has 0 rings (SSSR count). The van der Waals surface area contributed by atoms with Crippen LogP contribution in [0.1, 0.15) is 52.9 Å². The fourth-order valence-corrected chi connectivity index (χ4v) is 2.09. The Morgan fingerprint density at radius 2 is 1.67 bits per heavy atom. The van der Waals surface area contributed by atoms with Gasteiger partial charge in [-0.25, -0.2) is 0 Å². The number of alkyl halides is 1. The van der Waals surface area contributed by atoms with Crippen LogP contribution in [0.3, 0.4) is 0 Å². The smallest absolute Gasteiger partial charge is 0.0223 e. The maximum Gasteiger partial charge on any atom is 0.0223 e. The molecule has 0 aromatic rings. The van der Waals surface area contributed by atoms with E-state index < -0.39 is 0 Å². The van der Waals surface area contributed by atoms with Crippen molar-refractivity contribution in [2.45, 2.75) is 52.9 Å². The van der Waals surface area contributed by atoms with Crippen molar-refractivity contribution < 1.29 is 0 Å². The van der Waals surface area contributed by atoms with Crippen molar-refractivity contribution in [1.82, 2.24) is 4.90 Å². The molecule has 0 bridgehead atoms. The first-order chi connectivity index (χ1) is 7.28. The van der Waals surface area contributed by atoms with E-state index in [0.717, 1.165) is 11.8 Å². The predicted octanol–water partition coefficient (Wildman–Crippen LogP) is 4.15. The minimum Gasteiger partial charge on any atom is -0.303 e. The second kappa shape index (κ2) is 10.8. The van der Waals surface area contributed by atoms with Gasteiger partial charge >= 0.3 is 0 Å². The lowest BCUT2D eigenvalue weighted by atomic mass is 10.0. The molecule has 0 saturated heterocycles. The highest BCUT2D eigenvalue weighted by Gasteiger charge is 2.08. The minimum atomic E-state index is 0.818. The van der Waals surface area contributed by atoms with Gasteiger partial charge in [-0.2, -0.15) is 0 Å². The molecule has 0 amide bonds. The Morgan fingerprint density at radius 1 is 1.00 bits per heavy atom. The number of rotatable bonds is 10. The van der Waals surface area contributed by atoms with E-state index in [0.29, 0.717) is 0 Å². The van der Waals surface area contributed by atoms with E-state index in [2.05, 4.69) is 25.7 Å². The third kappa shape index (κ3) is 8.10. The average molecular weight is 234 g/mol. The van der Waals surface area contributed by atoms with E-state index in [1.807, 2.05) is 0 Å². The van der Waals surface area contributed by atoms with Crippen molar-refractivity contribution in [2.75, 3.05) is 25.5 Å². The summed E-state index contributed by atoms with van der Waals surface area (Å²) in [6.07, 6.45) is 6.39. The molecular formula is C13H28ClN. The Morgan fingerprint density at radius 3 is 2.13 bits per heavy atom. The Bertz CT molecular complexity index is 124. The summed E-state index contributed by atoms with van der Waals surface area (Å²) in [6.45, 7) is 10.6. The normalized spacial score (nSPS) is 11.6. The standard InChI is InChI=1S/C13H28ClN/c1-4-13(5-2)12-15(6-3)11-9-7-8-10-14/h13H,4-12H2,1-3H3. The van der Waals surface area contributed by atoms with Crippen LogP contribution in [-0.2, 0) is 0 Å². The lowest BCUT2D eigenvalue weighted by molar-refractivity contribution is 0.229. The number of hydrogen-bond acceptors (Lipinski definition) is 1. The quantitative estimate of drug-likeness (QED) is 0.405. The molecule has 92 valence electrons. The summed E-state index contributed by atoms with van der Waals surface area (Å²) in [5.41, 5.74) is 0. The molecule has 0 aliphatic rings. The van der Waals surface area contributed by atoms with Crippen LogP contribution in [0.25, 0.3) is 0 Å². The molecule has 0 heterocycles. The topological polar surface area (TPSA) is 3.24 Å². The number of halogens is 1. The lowest BCUT2D eigenvalue weighted by Crippen LogP contribution is -2.30. The number of hydrogen-bond donors (Lipinski definition) is 0. The van der Waals surface area contributed by atoms with E-state index in [-0.39, 0.29) is 0 Å². The summed E-state index contributed by atoms with van der Waals surface area (Å²) >= 11 is 5.67. The van der Waals surface area contributed by atoms with Crippen LogP contribution in [0, 0.1) is 5.92 Å². The number of nitrogens with zero attached hydrogens (tertiary/aromatic N) is 1. The molecule has 0 fully saturated rings. The van der Waals surface area contributed by atoms with Gasteiger partial charge in [0.2, 0.25) is 0 Å². The van der Waals surface area contributed by atoms with Gasteiger partial charge in [0, 0.05) is 12.4 Å². The third-order valence-corrected chi connectivity index (χ3v) is 3.49. The molecule has 2 heteroatoms. The van der Waals surface area contributed by atoms with Crippen molar-refractivity contribution in [3.05, 3.63) is 0 Å². The van der Waals surface area contributed by atoms with Crippen LogP contribution in [-0.4, -0.2) is 30.4 Å². The zero-order chi connectivity index (χ0) is 11.5. The maximum atomic E-state index is 5.67. The van der Waals surface area contributed by atoms with Gasteiger partial charge in [0.15, 0.2) is 0 Å². The summed E-state index contributed by atoms with van der Waals surface area (Å²) in [5.74, 6) is 1.71. The molecule has 0 aliphatic heterocycles. The van der Waals surface area contributed by atoms with Gasteiger partial charge < -0.3 is 4.90 Å². The van der Waals surface area contributed by atoms with Gasteiger partial charge in [-0.05, 0) is 31.8 Å². The van der Waals surface area contributed by atoms with Crippen molar-refractivity contribution >= 4 is 11.6 Å². The van der Waals surface area contributed by atoms with Gasteiger partial charge in [0.05, 0.1) is 0 Å². The van der Waals surface area contributed by atoms with E-state index in [1.54, 1.807) is 0 Å².